The average molecular weight is 333 g/mol. The quantitative estimate of drug-likeness (QED) is 0.739. The maximum absolute atomic E-state index is 12.5. The van der Waals surface area contributed by atoms with Gasteiger partial charge in [0.05, 0.1) is 11.2 Å². The van der Waals surface area contributed by atoms with Crippen LogP contribution in [-0.4, -0.2) is 42.2 Å². The number of hydrogen-bond acceptors (Lipinski definition) is 3. The Morgan fingerprint density at radius 2 is 1.79 bits per heavy atom. The van der Waals surface area contributed by atoms with Crippen LogP contribution in [0.25, 0.3) is 0 Å². The van der Waals surface area contributed by atoms with Crippen molar-refractivity contribution in [2.24, 2.45) is 5.92 Å². The monoisotopic (exact) mass is 333 g/mol. The van der Waals surface area contributed by atoms with Crippen molar-refractivity contribution in [2.75, 3.05) is 13.1 Å². The molecule has 1 saturated heterocycles. The molecule has 2 heterocycles. The number of carbonyl (C=O) groups excluding carboxylic acids is 1. The molecule has 0 aromatic rings. The summed E-state index contributed by atoms with van der Waals surface area (Å²) >= 11 is 0. The van der Waals surface area contributed by atoms with E-state index in [9.17, 15) is 4.79 Å². The van der Waals surface area contributed by atoms with Gasteiger partial charge in [-0.05, 0) is 58.3 Å². The molecule has 0 aromatic carbocycles. The third kappa shape index (κ3) is 3.72. The van der Waals surface area contributed by atoms with E-state index in [4.69, 9.17) is 9.31 Å². The summed E-state index contributed by atoms with van der Waals surface area (Å²) in [6.45, 7) is 9.81. The molecule has 0 radical (unpaired) electrons. The highest BCUT2D eigenvalue weighted by Gasteiger charge is 2.52. The van der Waals surface area contributed by atoms with Crippen molar-refractivity contribution in [1.82, 2.24) is 4.90 Å². The fourth-order valence-electron chi connectivity index (χ4n) is 3.89. The van der Waals surface area contributed by atoms with E-state index in [2.05, 4.69) is 33.8 Å². The van der Waals surface area contributed by atoms with E-state index in [1.165, 1.54) is 37.6 Å². The topological polar surface area (TPSA) is 38.8 Å². The molecular formula is C19H32BNO3. The van der Waals surface area contributed by atoms with Crippen LogP contribution >= 0.6 is 0 Å². The zero-order valence-electron chi connectivity index (χ0n) is 15.8. The van der Waals surface area contributed by atoms with Gasteiger partial charge in [-0.25, -0.2) is 0 Å². The van der Waals surface area contributed by atoms with Gasteiger partial charge in [0.1, 0.15) is 0 Å². The summed E-state index contributed by atoms with van der Waals surface area (Å²) in [7, 11) is -0.259. The molecule has 0 aromatic heterocycles. The fraction of sp³-hybridized carbons (Fsp3) is 0.842. The number of amides is 1. The van der Waals surface area contributed by atoms with Crippen LogP contribution in [0.4, 0.5) is 0 Å². The van der Waals surface area contributed by atoms with Crippen LogP contribution in [0, 0.1) is 5.92 Å². The largest absolute Gasteiger partial charge is 0.490 e. The van der Waals surface area contributed by atoms with E-state index in [1.54, 1.807) is 0 Å². The normalized spacial score (nSPS) is 27.2. The van der Waals surface area contributed by atoms with Gasteiger partial charge in [-0.1, -0.05) is 25.3 Å². The van der Waals surface area contributed by atoms with Gasteiger partial charge in [-0.15, -0.1) is 0 Å². The summed E-state index contributed by atoms with van der Waals surface area (Å²) < 4.78 is 12.3. The lowest BCUT2D eigenvalue weighted by molar-refractivity contribution is -0.132. The Labute approximate surface area is 147 Å². The second-order valence-electron chi connectivity index (χ2n) is 8.67. The number of rotatable bonds is 3. The van der Waals surface area contributed by atoms with E-state index in [-0.39, 0.29) is 18.3 Å². The molecule has 0 unspecified atom stereocenters. The first kappa shape index (κ1) is 18.0. The van der Waals surface area contributed by atoms with Crippen molar-refractivity contribution in [3.05, 3.63) is 11.5 Å². The molecule has 1 saturated carbocycles. The van der Waals surface area contributed by atoms with Crippen molar-refractivity contribution < 1.29 is 14.1 Å². The first-order valence-electron chi connectivity index (χ1n) is 9.61. The summed E-state index contributed by atoms with van der Waals surface area (Å²) in [6.07, 6.45) is 10.1. The van der Waals surface area contributed by atoms with Gasteiger partial charge in [0, 0.05) is 19.5 Å². The van der Waals surface area contributed by atoms with E-state index < -0.39 is 0 Å². The average Bonchev–Trinajstić information content (AvgIpc) is 2.76. The van der Waals surface area contributed by atoms with Gasteiger partial charge in [0.15, 0.2) is 0 Å². The van der Waals surface area contributed by atoms with E-state index in [0.717, 1.165) is 19.4 Å². The minimum Gasteiger partial charge on any atom is -0.400 e. The van der Waals surface area contributed by atoms with Gasteiger partial charge < -0.3 is 14.2 Å². The predicted molar refractivity (Wildman–Crippen MR) is 96.6 cm³/mol. The van der Waals surface area contributed by atoms with Crippen LogP contribution in [0.15, 0.2) is 11.5 Å². The SMILES string of the molecule is CC1(C)OB(C2=CCN(C(=O)CC3CCCCC3)CC2)OC1(C)C. The van der Waals surface area contributed by atoms with Crippen LogP contribution in [0.3, 0.4) is 0 Å². The van der Waals surface area contributed by atoms with Crippen LogP contribution in [-0.2, 0) is 14.1 Å². The maximum atomic E-state index is 12.5. The molecule has 5 heteroatoms. The summed E-state index contributed by atoms with van der Waals surface area (Å²) in [5.41, 5.74) is 0.592. The van der Waals surface area contributed by atoms with Gasteiger partial charge in [0.2, 0.25) is 5.91 Å². The molecule has 3 aliphatic rings. The molecule has 2 aliphatic heterocycles. The summed E-state index contributed by atoms with van der Waals surface area (Å²) in [6, 6.07) is 0. The van der Waals surface area contributed by atoms with Gasteiger partial charge in [-0.3, -0.25) is 4.79 Å². The summed E-state index contributed by atoms with van der Waals surface area (Å²) in [5.74, 6) is 0.936. The zero-order valence-corrected chi connectivity index (χ0v) is 15.8. The second-order valence-corrected chi connectivity index (χ2v) is 8.67. The summed E-state index contributed by atoms with van der Waals surface area (Å²) in [5, 5.41) is 0. The molecule has 1 aliphatic carbocycles. The summed E-state index contributed by atoms with van der Waals surface area (Å²) in [4.78, 5) is 14.5. The van der Waals surface area contributed by atoms with Gasteiger partial charge >= 0.3 is 7.12 Å². The minimum absolute atomic E-state index is 0.259. The Balaban J connectivity index is 1.53. The number of nitrogens with zero attached hydrogens (tertiary/aromatic N) is 1. The predicted octanol–water partition coefficient (Wildman–Crippen LogP) is 3.75. The lowest BCUT2D eigenvalue weighted by Crippen LogP contribution is -2.41. The minimum atomic E-state index is -0.299. The van der Waals surface area contributed by atoms with Crippen molar-refractivity contribution in [3.63, 3.8) is 0 Å². The molecule has 1 amide bonds. The molecule has 24 heavy (non-hydrogen) atoms. The van der Waals surface area contributed by atoms with Crippen molar-refractivity contribution in [1.29, 1.82) is 0 Å². The molecule has 4 nitrogen and oxygen atoms in total. The highest BCUT2D eigenvalue weighted by Crippen LogP contribution is 2.39. The molecular weight excluding hydrogens is 301 g/mol. The second kappa shape index (κ2) is 6.83. The van der Waals surface area contributed by atoms with Crippen LogP contribution in [0.1, 0.15) is 72.6 Å². The molecule has 2 fully saturated rings. The number of hydrogen-bond donors (Lipinski definition) is 0. The highest BCUT2D eigenvalue weighted by atomic mass is 16.7. The lowest BCUT2D eigenvalue weighted by Gasteiger charge is -2.32. The van der Waals surface area contributed by atoms with Gasteiger partial charge in [-0.2, -0.15) is 0 Å². The molecule has 3 rings (SSSR count). The third-order valence-electron chi connectivity index (χ3n) is 6.34. The fourth-order valence-corrected chi connectivity index (χ4v) is 3.89. The van der Waals surface area contributed by atoms with E-state index in [1.807, 2.05) is 4.90 Å². The van der Waals surface area contributed by atoms with Crippen LogP contribution in [0.5, 0.6) is 0 Å². The van der Waals surface area contributed by atoms with Crippen molar-refractivity contribution in [3.8, 4) is 0 Å². The Morgan fingerprint density at radius 1 is 1.17 bits per heavy atom. The Kier molecular flexibility index (Phi) is 5.13. The smallest absolute Gasteiger partial charge is 0.400 e. The Morgan fingerprint density at radius 3 is 2.33 bits per heavy atom. The molecule has 134 valence electrons. The first-order valence-corrected chi connectivity index (χ1v) is 9.61. The van der Waals surface area contributed by atoms with E-state index >= 15 is 0 Å². The highest BCUT2D eigenvalue weighted by molar-refractivity contribution is 6.54. The van der Waals surface area contributed by atoms with Crippen LogP contribution < -0.4 is 0 Å². The standard InChI is InChI=1S/C19H32BNO3/c1-18(2)19(3,4)24-20(23-18)16-10-12-21(13-11-16)17(22)14-15-8-6-5-7-9-15/h10,15H,5-9,11-14H2,1-4H3. The van der Waals surface area contributed by atoms with Crippen LogP contribution in [0.2, 0.25) is 0 Å². The zero-order chi connectivity index (χ0) is 17.4. The lowest BCUT2D eigenvalue weighted by atomic mass is 9.74. The van der Waals surface area contributed by atoms with Crippen molar-refractivity contribution in [2.45, 2.75) is 83.8 Å². The third-order valence-corrected chi connectivity index (χ3v) is 6.34. The number of carbonyl (C=O) groups is 1. The Hall–Kier alpha value is -0.805. The first-order chi connectivity index (χ1) is 11.3. The molecule has 0 atom stereocenters. The molecule has 0 bridgehead atoms. The molecule has 0 N–H and O–H groups in total. The Bertz CT molecular complexity index is 493. The van der Waals surface area contributed by atoms with Crippen molar-refractivity contribution >= 4 is 13.0 Å². The molecule has 0 spiro atoms. The maximum Gasteiger partial charge on any atom is 0.490 e. The van der Waals surface area contributed by atoms with E-state index in [0.29, 0.717) is 18.4 Å². The van der Waals surface area contributed by atoms with Gasteiger partial charge in [0.25, 0.3) is 0 Å².